The second-order valence-electron chi connectivity index (χ2n) is 6.05. The molecule has 2 rings (SSSR count). The first-order valence-electron chi connectivity index (χ1n) is 8.56. The van der Waals surface area contributed by atoms with E-state index in [1.54, 1.807) is 0 Å². The number of likely N-dealkylation sites (tertiary alicyclic amines) is 1. The predicted molar refractivity (Wildman–Crippen MR) is 117 cm³/mol. The molecule has 136 valence electrons. The highest BCUT2D eigenvalue weighted by Gasteiger charge is 2.24. The molecule has 1 atom stereocenters. The average Bonchev–Trinajstić information content (AvgIpc) is 3.25. The molecule has 0 amide bonds. The van der Waals surface area contributed by atoms with E-state index in [4.69, 9.17) is 0 Å². The number of allylic oxidation sites excluding steroid dienone is 1. The zero-order chi connectivity index (χ0) is 16.5. The molecular weight excluding hydrogens is 431 g/mol. The summed E-state index contributed by atoms with van der Waals surface area (Å²) in [7, 11) is 3.97. The first-order chi connectivity index (χ1) is 11.3. The molecule has 0 aliphatic carbocycles. The topological polar surface area (TPSA) is 30.9 Å². The fourth-order valence-electron chi connectivity index (χ4n) is 3.10. The fourth-order valence-corrected chi connectivity index (χ4v) is 3.96. The van der Waals surface area contributed by atoms with E-state index in [0.29, 0.717) is 6.04 Å². The second-order valence-corrected chi connectivity index (χ2v) is 7.03. The van der Waals surface area contributed by atoms with Crippen LogP contribution in [0.4, 0.5) is 0 Å². The summed E-state index contributed by atoms with van der Waals surface area (Å²) in [6.45, 7) is 8.11. The molecule has 24 heavy (non-hydrogen) atoms. The van der Waals surface area contributed by atoms with Gasteiger partial charge in [-0.05, 0) is 50.2 Å². The largest absolute Gasteiger partial charge is 0.354 e. The zero-order valence-electron chi connectivity index (χ0n) is 14.9. The second kappa shape index (κ2) is 11.9. The van der Waals surface area contributed by atoms with Crippen molar-refractivity contribution in [1.82, 2.24) is 15.1 Å². The van der Waals surface area contributed by atoms with Crippen molar-refractivity contribution >= 4 is 41.3 Å². The van der Waals surface area contributed by atoms with Crippen LogP contribution in [0.25, 0.3) is 0 Å². The zero-order valence-corrected chi connectivity index (χ0v) is 18.1. The third-order valence-electron chi connectivity index (χ3n) is 4.38. The summed E-state index contributed by atoms with van der Waals surface area (Å²) in [5.74, 6) is 0.981. The smallest absolute Gasteiger partial charge is 0.193 e. The summed E-state index contributed by atoms with van der Waals surface area (Å²) in [6, 6.07) is 4.86. The third kappa shape index (κ3) is 6.37. The number of rotatable bonds is 8. The van der Waals surface area contributed by atoms with Crippen LogP contribution in [0.3, 0.4) is 0 Å². The Morgan fingerprint density at radius 3 is 2.83 bits per heavy atom. The molecule has 0 spiro atoms. The molecule has 2 heterocycles. The lowest BCUT2D eigenvalue weighted by molar-refractivity contribution is 0.247. The van der Waals surface area contributed by atoms with Gasteiger partial charge in [-0.25, -0.2) is 0 Å². The monoisotopic (exact) mass is 462 g/mol. The van der Waals surface area contributed by atoms with E-state index in [0.717, 1.165) is 31.9 Å². The first kappa shape index (κ1) is 21.4. The Morgan fingerprint density at radius 2 is 2.25 bits per heavy atom. The Bertz CT molecular complexity index is 483. The first-order valence-corrected chi connectivity index (χ1v) is 9.44. The van der Waals surface area contributed by atoms with Crippen molar-refractivity contribution in [3.63, 3.8) is 0 Å². The Morgan fingerprint density at radius 1 is 1.50 bits per heavy atom. The van der Waals surface area contributed by atoms with E-state index in [-0.39, 0.29) is 24.0 Å². The van der Waals surface area contributed by atoms with Crippen LogP contribution in [0.2, 0.25) is 0 Å². The molecule has 1 aliphatic rings. The molecule has 0 bridgehead atoms. The summed E-state index contributed by atoms with van der Waals surface area (Å²) in [6.07, 6.45) is 6.77. The molecular formula is C18H31IN4S. The minimum Gasteiger partial charge on any atom is -0.354 e. The minimum absolute atomic E-state index is 0. The Kier molecular flexibility index (Phi) is 10.6. The highest BCUT2D eigenvalue weighted by Crippen LogP contribution is 2.27. The number of nitrogens with one attached hydrogen (secondary N) is 1. The normalized spacial score (nSPS) is 16.5. The van der Waals surface area contributed by atoms with Gasteiger partial charge >= 0.3 is 0 Å². The van der Waals surface area contributed by atoms with Crippen LogP contribution in [-0.4, -0.2) is 56.0 Å². The van der Waals surface area contributed by atoms with Crippen LogP contribution in [0, 0.1) is 0 Å². The number of aliphatic imine (C=N–C) groups is 1. The molecule has 0 radical (unpaired) electrons. The summed E-state index contributed by atoms with van der Waals surface area (Å²) in [4.78, 5) is 10.7. The van der Waals surface area contributed by atoms with Crippen molar-refractivity contribution in [3.8, 4) is 0 Å². The van der Waals surface area contributed by atoms with Crippen LogP contribution in [-0.2, 0) is 0 Å². The minimum atomic E-state index is 0. The number of unbranched alkanes of at least 4 members (excludes halogenated alkanes) is 1. The maximum Gasteiger partial charge on any atom is 0.193 e. The average molecular weight is 462 g/mol. The number of hydrogen-bond donors (Lipinski definition) is 1. The van der Waals surface area contributed by atoms with Gasteiger partial charge in [-0.2, -0.15) is 0 Å². The number of hydrogen-bond acceptors (Lipinski definition) is 3. The van der Waals surface area contributed by atoms with Crippen molar-refractivity contribution in [2.24, 2.45) is 4.99 Å². The molecule has 1 aliphatic heterocycles. The Balaban J connectivity index is 0.00000288. The molecule has 0 saturated carbocycles. The molecule has 1 saturated heterocycles. The SMILES string of the molecule is C=CCCCN(C)C(=NC)NCC(c1cccs1)N1CCCC1.I. The molecule has 1 aromatic heterocycles. The van der Waals surface area contributed by atoms with Gasteiger partial charge in [0.1, 0.15) is 0 Å². The lowest BCUT2D eigenvalue weighted by Crippen LogP contribution is -2.43. The fraction of sp³-hybridized carbons (Fsp3) is 0.611. The lowest BCUT2D eigenvalue weighted by Gasteiger charge is -2.29. The van der Waals surface area contributed by atoms with Gasteiger partial charge in [0, 0.05) is 32.1 Å². The van der Waals surface area contributed by atoms with E-state index in [1.165, 1.54) is 30.8 Å². The van der Waals surface area contributed by atoms with Crippen molar-refractivity contribution in [3.05, 3.63) is 35.0 Å². The van der Waals surface area contributed by atoms with Gasteiger partial charge in [0.15, 0.2) is 5.96 Å². The van der Waals surface area contributed by atoms with Crippen molar-refractivity contribution in [2.75, 3.05) is 40.3 Å². The highest BCUT2D eigenvalue weighted by atomic mass is 127. The van der Waals surface area contributed by atoms with Gasteiger partial charge in [-0.1, -0.05) is 12.1 Å². The standard InChI is InChI=1S/C18H30N4S.HI/c1-4-5-6-11-21(3)18(19-2)20-15-16(17-10-9-14-23-17)22-12-7-8-13-22;/h4,9-10,14,16H,1,5-8,11-13,15H2,2-3H3,(H,19,20);1H. The van der Waals surface area contributed by atoms with E-state index in [1.807, 2.05) is 24.5 Å². The van der Waals surface area contributed by atoms with Gasteiger partial charge in [0.05, 0.1) is 6.04 Å². The number of guanidine groups is 1. The predicted octanol–water partition coefficient (Wildman–Crippen LogP) is 3.98. The van der Waals surface area contributed by atoms with Crippen molar-refractivity contribution in [2.45, 2.75) is 31.7 Å². The van der Waals surface area contributed by atoms with Crippen LogP contribution >= 0.6 is 35.3 Å². The lowest BCUT2D eigenvalue weighted by atomic mass is 10.2. The van der Waals surface area contributed by atoms with Crippen molar-refractivity contribution in [1.29, 1.82) is 0 Å². The molecule has 4 nitrogen and oxygen atoms in total. The third-order valence-corrected chi connectivity index (χ3v) is 5.36. The van der Waals surface area contributed by atoms with Gasteiger partial charge < -0.3 is 10.2 Å². The van der Waals surface area contributed by atoms with Crippen LogP contribution in [0.1, 0.15) is 36.6 Å². The van der Waals surface area contributed by atoms with E-state index in [9.17, 15) is 0 Å². The van der Waals surface area contributed by atoms with E-state index >= 15 is 0 Å². The van der Waals surface area contributed by atoms with Gasteiger partial charge in [-0.3, -0.25) is 9.89 Å². The van der Waals surface area contributed by atoms with Gasteiger partial charge in [0.25, 0.3) is 0 Å². The Labute approximate surface area is 168 Å². The van der Waals surface area contributed by atoms with Crippen molar-refractivity contribution < 1.29 is 0 Å². The summed E-state index contributed by atoms with van der Waals surface area (Å²) in [5.41, 5.74) is 0. The number of halogens is 1. The maximum atomic E-state index is 4.44. The van der Waals surface area contributed by atoms with E-state index in [2.05, 4.69) is 51.2 Å². The van der Waals surface area contributed by atoms with E-state index < -0.39 is 0 Å². The van der Waals surface area contributed by atoms with Crippen LogP contribution in [0.15, 0.2) is 35.2 Å². The summed E-state index contributed by atoms with van der Waals surface area (Å²) < 4.78 is 0. The van der Waals surface area contributed by atoms with Crippen LogP contribution in [0.5, 0.6) is 0 Å². The van der Waals surface area contributed by atoms with Gasteiger partial charge in [0.2, 0.25) is 0 Å². The molecule has 0 aromatic carbocycles. The Hall–Kier alpha value is -0.600. The van der Waals surface area contributed by atoms with Gasteiger partial charge in [-0.15, -0.1) is 41.9 Å². The highest BCUT2D eigenvalue weighted by molar-refractivity contribution is 14.0. The summed E-state index contributed by atoms with van der Waals surface area (Å²) >= 11 is 1.86. The molecule has 1 N–H and O–H groups in total. The summed E-state index contributed by atoms with van der Waals surface area (Å²) in [5, 5.41) is 5.75. The van der Waals surface area contributed by atoms with Crippen LogP contribution < -0.4 is 5.32 Å². The quantitative estimate of drug-likeness (QED) is 0.209. The molecule has 1 fully saturated rings. The molecule has 1 aromatic rings. The molecule has 6 heteroatoms. The maximum absolute atomic E-state index is 4.44. The molecule has 1 unspecified atom stereocenters. The number of nitrogens with zero attached hydrogens (tertiary/aromatic N) is 3. The number of thiophene rings is 1.